The third kappa shape index (κ3) is 3.34. The van der Waals surface area contributed by atoms with Crippen LogP contribution in [0.4, 0.5) is 0 Å². The molecule has 8 saturated carbocycles. The van der Waals surface area contributed by atoms with Crippen molar-refractivity contribution >= 4 is 5.78 Å². The molecule has 6 spiro atoms. The zero-order chi connectivity index (χ0) is 39.1. The van der Waals surface area contributed by atoms with Gasteiger partial charge in [0.2, 0.25) is 0 Å². The maximum Gasteiger partial charge on any atom is 0.133 e. The molecule has 2 saturated heterocycles. The number of likely N-dealkylation sites (tertiary alicyclic amines) is 2. The van der Waals surface area contributed by atoms with Gasteiger partial charge < -0.3 is 14.6 Å². The Morgan fingerprint density at radius 3 is 1.64 bits per heavy atom. The Morgan fingerprint density at radius 1 is 0.724 bits per heavy atom. The summed E-state index contributed by atoms with van der Waals surface area (Å²) in [6, 6.07) is 10.7. The molecule has 2 aromatic rings. The van der Waals surface area contributed by atoms with Crippen molar-refractivity contribution in [2.24, 2.45) is 38.9 Å². The number of hydrogen-bond donors (Lipinski definition) is 1. The summed E-state index contributed by atoms with van der Waals surface area (Å²) in [7, 11) is 4.71. The number of likely N-dealkylation sites (N-methyl/N-ethyl adjacent to an activating group) is 2. The van der Waals surface area contributed by atoms with Gasteiger partial charge >= 0.3 is 0 Å². The van der Waals surface area contributed by atoms with E-state index in [1.165, 1.54) is 67.6 Å². The summed E-state index contributed by atoms with van der Waals surface area (Å²) in [4.78, 5) is 18.1. The Labute approximate surface area is 349 Å². The molecular weight excluding hydrogens is 717 g/mol. The number of Topliss-reactive ketones (excluding diaryl/α,β-unsaturated/α-hetero) is 1. The molecule has 6 nitrogen and oxygen atoms in total. The number of piperidine rings is 2. The predicted molar refractivity (Wildman–Crippen MR) is 230 cm³/mol. The van der Waals surface area contributed by atoms with Crippen LogP contribution in [0, 0.1) is 52.8 Å². The molecule has 6 heteroatoms. The Morgan fingerprint density at radius 2 is 1.17 bits per heavy atom. The number of benzene rings is 2. The van der Waals surface area contributed by atoms with Crippen LogP contribution in [-0.4, -0.2) is 75.8 Å². The first kappa shape index (κ1) is 38.5. The lowest BCUT2D eigenvalue weighted by molar-refractivity contribution is -0.246. The van der Waals surface area contributed by atoms with Crippen molar-refractivity contribution in [2.45, 2.75) is 193 Å². The summed E-state index contributed by atoms with van der Waals surface area (Å²) in [5.74, 6) is 3.21. The topological polar surface area (TPSA) is 61.8 Å². The summed E-state index contributed by atoms with van der Waals surface area (Å²) >= 11 is 0. The highest BCUT2D eigenvalue weighted by atomic mass is 16.5. The summed E-state index contributed by atoms with van der Waals surface area (Å²) in [6.45, 7) is 19.9. The van der Waals surface area contributed by atoms with Crippen molar-refractivity contribution in [1.82, 2.24) is 9.80 Å². The van der Waals surface area contributed by atoms with Crippen LogP contribution in [0.2, 0.25) is 0 Å². The van der Waals surface area contributed by atoms with E-state index in [1.54, 1.807) is 22.3 Å². The lowest BCUT2D eigenvalue weighted by Crippen LogP contribution is -2.73. The van der Waals surface area contributed by atoms with Crippen molar-refractivity contribution in [3.8, 4) is 11.5 Å². The van der Waals surface area contributed by atoms with E-state index in [0.717, 1.165) is 19.3 Å². The maximum absolute atomic E-state index is 12.7. The average molecular weight is 789 g/mol. The fourth-order valence-electron chi connectivity index (χ4n) is 19.4. The van der Waals surface area contributed by atoms with Gasteiger partial charge in [0.05, 0.1) is 5.60 Å². The third-order valence-corrected chi connectivity index (χ3v) is 22.0. The van der Waals surface area contributed by atoms with Gasteiger partial charge in [0.1, 0.15) is 29.5 Å². The zero-order valence-electron chi connectivity index (χ0n) is 35.9. The molecule has 8 bridgehead atoms. The smallest absolute Gasteiger partial charge is 0.133 e. The van der Waals surface area contributed by atoms with Crippen LogP contribution >= 0.6 is 0 Å². The van der Waals surface area contributed by atoms with E-state index in [4.69, 9.17) is 9.47 Å². The number of rotatable bonds is 2. The van der Waals surface area contributed by atoms with E-state index >= 15 is 0 Å². The van der Waals surface area contributed by atoms with Gasteiger partial charge in [-0.25, -0.2) is 0 Å². The maximum atomic E-state index is 12.7. The monoisotopic (exact) mass is 789 g/mol. The van der Waals surface area contributed by atoms with Crippen LogP contribution in [0.5, 0.6) is 11.5 Å². The van der Waals surface area contributed by atoms with Gasteiger partial charge in [0, 0.05) is 72.7 Å². The molecule has 2 aromatic carbocycles. The second-order valence-corrected chi connectivity index (χ2v) is 24.2. The molecule has 0 radical (unpaired) electrons. The molecule has 4 aliphatic heterocycles. The molecule has 0 aromatic heterocycles. The van der Waals surface area contributed by atoms with Crippen LogP contribution in [0.15, 0.2) is 24.3 Å². The average Bonchev–Trinajstić information content (AvgIpc) is 3.56. The van der Waals surface area contributed by atoms with Crippen LogP contribution in [0.1, 0.15) is 148 Å². The van der Waals surface area contributed by atoms with Crippen LogP contribution < -0.4 is 9.47 Å². The largest absolute Gasteiger partial charge is 0.488 e. The summed E-state index contributed by atoms with van der Waals surface area (Å²) < 4.78 is 14.0. The van der Waals surface area contributed by atoms with E-state index in [1.807, 2.05) is 6.92 Å². The first-order valence-corrected chi connectivity index (χ1v) is 22.5. The first-order valence-electron chi connectivity index (χ1n) is 22.5. The van der Waals surface area contributed by atoms with Crippen LogP contribution in [0.3, 0.4) is 0 Å². The molecule has 58 heavy (non-hydrogen) atoms. The zero-order valence-corrected chi connectivity index (χ0v) is 35.9. The van der Waals surface area contributed by atoms with Gasteiger partial charge in [0.25, 0.3) is 0 Å². The number of ether oxygens (including phenoxy) is 2. The van der Waals surface area contributed by atoms with E-state index in [-0.39, 0.29) is 76.8 Å². The molecule has 13 unspecified atom stereocenters. The number of ketones is 1. The molecular formula is C52H72N2O4. The molecule has 16 rings (SSSR count). The van der Waals surface area contributed by atoms with Crippen molar-refractivity contribution in [2.75, 3.05) is 14.1 Å². The molecule has 0 amide bonds. The number of aryl methyl sites for hydroxylation is 2. The lowest BCUT2D eigenvalue weighted by atomic mass is 9.35. The predicted octanol–water partition coefficient (Wildman–Crippen LogP) is 9.28. The minimum atomic E-state index is -0.718. The summed E-state index contributed by atoms with van der Waals surface area (Å²) in [6.07, 6.45) is 12.4. The normalized spacial score (nSPS) is 52.6. The van der Waals surface area contributed by atoms with E-state index in [9.17, 15) is 9.90 Å². The highest BCUT2D eigenvalue weighted by Crippen LogP contribution is 2.88. The molecule has 10 fully saturated rings. The van der Waals surface area contributed by atoms with Gasteiger partial charge in [-0.3, -0.25) is 14.6 Å². The Hall–Kier alpha value is -2.41. The fourth-order valence-corrected chi connectivity index (χ4v) is 19.4. The molecule has 10 aliphatic carbocycles. The second-order valence-electron chi connectivity index (χ2n) is 24.2. The standard InChI is InChI=1S/C27H37NO2.C23H27NO2.2CH4/c1-15-8-9-16-12-26-14-27-18(16)19(15)30-21(27)23(5)10-11-25(27,20(26)28(26)7)13-17(23)24(6,29)22(2,3)4;1-12-5-6-14-9-22-11-23-16(14)17(12)26-19(23)20(3)7-8-21(23,18(22)24(22)4)10-15(20)13(2)25;;/h8-9,17,20-21,29H,10-14H2,1-7H3;5-6,15,18-19H,7-11H2,1-4H3;2*1H4/t17?,20-,21?,23?,24?,25?,26?,27-,28?;15?,18-,19?,20?,21?,22?,23-,24?;;/m00../s1. The van der Waals surface area contributed by atoms with Gasteiger partial charge in [0.15, 0.2) is 0 Å². The number of nitrogens with zero attached hydrogens (tertiary/aromatic N) is 2. The number of aliphatic hydroxyl groups is 1. The number of fused-ring (bicyclic) bond motifs is 4. The van der Waals surface area contributed by atoms with E-state index in [2.05, 4.69) is 104 Å². The van der Waals surface area contributed by atoms with Gasteiger partial charge in [-0.2, -0.15) is 0 Å². The highest BCUT2D eigenvalue weighted by Gasteiger charge is 2.92. The van der Waals surface area contributed by atoms with Crippen molar-refractivity contribution < 1.29 is 19.4 Å². The molecule has 14 aliphatic rings. The van der Waals surface area contributed by atoms with E-state index in [0.29, 0.717) is 28.9 Å². The Bertz CT molecular complexity index is 2280. The van der Waals surface area contributed by atoms with Crippen LogP contribution in [0.25, 0.3) is 0 Å². The lowest BCUT2D eigenvalue weighted by Gasteiger charge is -2.70. The molecule has 1 N–H and O–H groups in total. The van der Waals surface area contributed by atoms with Crippen molar-refractivity contribution in [1.29, 1.82) is 0 Å². The Balaban J connectivity index is 0.000000130. The van der Waals surface area contributed by atoms with Crippen molar-refractivity contribution in [3.05, 3.63) is 57.6 Å². The number of hydrogen-bond acceptors (Lipinski definition) is 6. The quantitative estimate of drug-likeness (QED) is 0.307. The third-order valence-electron chi connectivity index (χ3n) is 22.0. The summed E-state index contributed by atoms with van der Waals surface area (Å²) in [5.41, 5.74) is 9.47. The number of carbonyl (C=O) groups is 1. The molecule has 4 heterocycles. The van der Waals surface area contributed by atoms with Crippen LogP contribution in [-0.2, 0) is 28.5 Å². The number of carbonyl (C=O) groups excluding carboxylic acids is 1. The minimum absolute atomic E-state index is 0. The first-order chi connectivity index (χ1) is 26.2. The van der Waals surface area contributed by atoms with Gasteiger partial charge in [-0.05, 0) is 140 Å². The molecule has 17 atom stereocenters. The summed E-state index contributed by atoms with van der Waals surface area (Å²) in [5, 5.41) is 12.0. The Kier molecular flexibility index (Phi) is 6.71. The van der Waals surface area contributed by atoms with E-state index < -0.39 is 5.60 Å². The minimum Gasteiger partial charge on any atom is -0.488 e. The van der Waals surface area contributed by atoms with Gasteiger partial charge in [-0.15, -0.1) is 0 Å². The fraction of sp³-hybridized carbons (Fsp3) is 0.750. The van der Waals surface area contributed by atoms with Gasteiger partial charge in [-0.1, -0.05) is 73.7 Å². The highest BCUT2D eigenvalue weighted by molar-refractivity contribution is 5.81. The SMILES string of the molecule is C.C.CC(=O)C1CC23CCC1(C)C1Oc4c(C)ccc5c4[C@@]12CC1(C5)[C@H]3N1C.Cc1ccc2c3c1OC1C4(C)CCC5(CC4C(C)(O)C(C)(C)C)[C@@H]4N(C)C4(C2)C[C@]315. The van der Waals surface area contributed by atoms with Crippen molar-refractivity contribution in [3.63, 3.8) is 0 Å². The second kappa shape index (κ2) is 10.1. The molecule has 314 valence electrons.